The van der Waals surface area contributed by atoms with Crippen molar-refractivity contribution in [3.05, 3.63) is 35.4 Å². The van der Waals surface area contributed by atoms with Crippen molar-refractivity contribution in [2.75, 3.05) is 0 Å². The Morgan fingerprint density at radius 2 is 2.12 bits per heavy atom. The molecule has 5 nitrogen and oxygen atoms in total. The zero-order valence-electron chi connectivity index (χ0n) is 9.77. The molecule has 0 spiro atoms. The first-order chi connectivity index (χ1) is 7.99. The molecule has 0 aliphatic rings. The van der Waals surface area contributed by atoms with E-state index in [1.54, 1.807) is 25.1 Å². The van der Waals surface area contributed by atoms with Crippen LogP contribution in [0.1, 0.15) is 29.3 Å². The smallest absolute Gasteiger partial charge is 0.248 e. The largest absolute Gasteiger partial charge is 0.366 e. The first-order valence-electron chi connectivity index (χ1n) is 5.40. The third-order valence-corrected chi connectivity index (χ3v) is 2.21. The topological polar surface area (TPSA) is 98.2 Å². The quantitative estimate of drug-likeness (QED) is 0.677. The van der Waals surface area contributed by atoms with Crippen LogP contribution in [0.25, 0.3) is 0 Å². The summed E-state index contributed by atoms with van der Waals surface area (Å²) in [7, 11) is 0. The van der Waals surface area contributed by atoms with Gasteiger partial charge in [0.2, 0.25) is 11.8 Å². The van der Waals surface area contributed by atoms with E-state index in [0.29, 0.717) is 12.1 Å². The van der Waals surface area contributed by atoms with Gasteiger partial charge in [0.05, 0.1) is 0 Å². The molecule has 0 aromatic heterocycles. The van der Waals surface area contributed by atoms with Gasteiger partial charge in [-0.15, -0.1) is 0 Å². The maximum atomic E-state index is 11.4. The third-order valence-electron chi connectivity index (χ3n) is 2.21. The molecule has 0 saturated heterocycles. The number of carbonyl (C=O) groups is 2. The van der Waals surface area contributed by atoms with Gasteiger partial charge in [-0.1, -0.05) is 12.1 Å². The molecule has 5 N–H and O–H groups in total. The summed E-state index contributed by atoms with van der Waals surface area (Å²) < 4.78 is 0. The molecular weight excluding hydrogens is 218 g/mol. The number of primary amides is 1. The van der Waals surface area contributed by atoms with Crippen molar-refractivity contribution >= 4 is 11.8 Å². The zero-order valence-corrected chi connectivity index (χ0v) is 9.77. The Kier molecular flexibility index (Phi) is 4.66. The minimum atomic E-state index is -0.478. The second-order valence-electron chi connectivity index (χ2n) is 4.02. The van der Waals surface area contributed by atoms with Crippen molar-refractivity contribution in [2.24, 2.45) is 11.5 Å². The second kappa shape index (κ2) is 6.00. The Labute approximate surface area is 100 Å². The van der Waals surface area contributed by atoms with Gasteiger partial charge in [-0.25, -0.2) is 0 Å². The number of rotatable bonds is 5. The monoisotopic (exact) mass is 235 g/mol. The Morgan fingerprint density at radius 1 is 1.41 bits per heavy atom. The van der Waals surface area contributed by atoms with Crippen LogP contribution in [-0.2, 0) is 11.3 Å². The molecule has 1 rings (SSSR count). The van der Waals surface area contributed by atoms with Crippen LogP contribution < -0.4 is 16.8 Å². The molecule has 1 atom stereocenters. The first-order valence-corrected chi connectivity index (χ1v) is 5.40. The van der Waals surface area contributed by atoms with Crippen molar-refractivity contribution in [3.63, 3.8) is 0 Å². The molecule has 0 aliphatic heterocycles. The van der Waals surface area contributed by atoms with Crippen LogP contribution in [0.4, 0.5) is 0 Å². The summed E-state index contributed by atoms with van der Waals surface area (Å²) in [6.45, 7) is 2.14. The van der Waals surface area contributed by atoms with Crippen LogP contribution in [0, 0.1) is 0 Å². The maximum Gasteiger partial charge on any atom is 0.248 e. The Bertz CT molecular complexity index is 416. The van der Waals surface area contributed by atoms with Crippen LogP contribution in [-0.4, -0.2) is 17.9 Å². The molecule has 1 aromatic rings. The van der Waals surface area contributed by atoms with E-state index in [0.717, 1.165) is 5.56 Å². The number of amides is 2. The minimum absolute atomic E-state index is 0.107. The van der Waals surface area contributed by atoms with Gasteiger partial charge in [0.1, 0.15) is 0 Å². The highest BCUT2D eigenvalue weighted by atomic mass is 16.1. The van der Waals surface area contributed by atoms with E-state index < -0.39 is 5.91 Å². The summed E-state index contributed by atoms with van der Waals surface area (Å²) in [5, 5.41) is 2.73. The molecule has 1 unspecified atom stereocenters. The lowest BCUT2D eigenvalue weighted by Crippen LogP contribution is -2.29. The third kappa shape index (κ3) is 4.65. The van der Waals surface area contributed by atoms with Crippen LogP contribution in [0.2, 0.25) is 0 Å². The molecule has 92 valence electrons. The number of hydrogen-bond donors (Lipinski definition) is 3. The molecule has 0 fully saturated rings. The summed E-state index contributed by atoms with van der Waals surface area (Å²) in [4.78, 5) is 22.3. The summed E-state index contributed by atoms with van der Waals surface area (Å²) in [6.07, 6.45) is 0.287. The molecule has 0 aliphatic carbocycles. The fraction of sp³-hybridized carbons (Fsp3) is 0.333. The number of nitrogens with one attached hydrogen (secondary N) is 1. The fourth-order valence-corrected chi connectivity index (χ4v) is 1.40. The van der Waals surface area contributed by atoms with Crippen molar-refractivity contribution in [2.45, 2.75) is 25.9 Å². The van der Waals surface area contributed by atoms with Crippen molar-refractivity contribution < 1.29 is 9.59 Å². The van der Waals surface area contributed by atoms with Gasteiger partial charge in [-0.2, -0.15) is 0 Å². The van der Waals surface area contributed by atoms with Crippen LogP contribution >= 0.6 is 0 Å². The van der Waals surface area contributed by atoms with E-state index in [4.69, 9.17) is 11.5 Å². The molecule has 2 amide bonds. The number of nitrogens with two attached hydrogens (primary N) is 2. The van der Waals surface area contributed by atoms with E-state index in [9.17, 15) is 9.59 Å². The summed E-state index contributed by atoms with van der Waals surface area (Å²) >= 11 is 0. The predicted molar refractivity (Wildman–Crippen MR) is 65.1 cm³/mol. The maximum absolute atomic E-state index is 11.4. The van der Waals surface area contributed by atoms with Crippen LogP contribution in [0.15, 0.2) is 24.3 Å². The van der Waals surface area contributed by atoms with Gasteiger partial charge in [-0.05, 0) is 24.6 Å². The highest BCUT2D eigenvalue weighted by Gasteiger charge is 2.05. The Balaban J connectivity index is 2.54. The van der Waals surface area contributed by atoms with Crippen molar-refractivity contribution in [3.8, 4) is 0 Å². The molecule has 0 heterocycles. The minimum Gasteiger partial charge on any atom is -0.366 e. The van der Waals surface area contributed by atoms with E-state index in [1.807, 2.05) is 6.07 Å². The average molecular weight is 235 g/mol. The van der Waals surface area contributed by atoms with Gasteiger partial charge in [-0.3, -0.25) is 9.59 Å². The summed E-state index contributed by atoms with van der Waals surface area (Å²) in [5.74, 6) is -0.585. The number of hydrogen-bond acceptors (Lipinski definition) is 3. The zero-order chi connectivity index (χ0) is 12.8. The second-order valence-corrected chi connectivity index (χ2v) is 4.02. The van der Waals surface area contributed by atoms with Crippen LogP contribution in [0.3, 0.4) is 0 Å². The molecule has 0 saturated carbocycles. The van der Waals surface area contributed by atoms with Gasteiger partial charge >= 0.3 is 0 Å². The number of benzene rings is 1. The fourth-order valence-electron chi connectivity index (χ4n) is 1.40. The molecule has 17 heavy (non-hydrogen) atoms. The standard InChI is InChI=1S/C12H17N3O2/c1-8(13)5-11(16)15-7-9-3-2-4-10(6-9)12(14)17/h2-4,6,8H,5,7,13H2,1H3,(H2,14,17)(H,15,16). The van der Waals surface area contributed by atoms with Crippen molar-refractivity contribution in [1.82, 2.24) is 5.32 Å². The summed E-state index contributed by atoms with van der Waals surface area (Å²) in [5.41, 5.74) is 11.9. The number of carbonyl (C=O) groups excluding carboxylic acids is 2. The SMILES string of the molecule is CC(N)CC(=O)NCc1cccc(C(N)=O)c1. The van der Waals surface area contributed by atoms with Crippen LogP contribution in [0.5, 0.6) is 0 Å². The lowest BCUT2D eigenvalue weighted by Gasteiger charge is -2.07. The van der Waals surface area contributed by atoms with E-state index in [-0.39, 0.29) is 18.4 Å². The normalized spacial score (nSPS) is 11.9. The molecule has 1 aromatic carbocycles. The lowest BCUT2D eigenvalue weighted by molar-refractivity contribution is -0.121. The van der Waals surface area contributed by atoms with Gasteiger partial charge in [0.25, 0.3) is 0 Å². The Morgan fingerprint density at radius 3 is 2.71 bits per heavy atom. The highest BCUT2D eigenvalue weighted by molar-refractivity contribution is 5.92. The molecule has 0 radical (unpaired) electrons. The lowest BCUT2D eigenvalue weighted by atomic mass is 10.1. The predicted octanol–water partition coefficient (Wildman–Crippen LogP) is 0.139. The van der Waals surface area contributed by atoms with Gasteiger partial charge in [0, 0.05) is 24.6 Å². The van der Waals surface area contributed by atoms with Crippen molar-refractivity contribution in [1.29, 1.82) is 0 Å². The van der Waals surface area contributed by atoms with Gasteiger partial charge < -0.3 is 16.8 Å². The average Bonchev–Trinajstić information content (AvgIpc) is 2.26. The summed E-state index contributed by atoms with van der Waals surface area (Å²) in [6, 6.07) is 6.68. The first kappa shape index (κ1) is 13.2. The van der Waals surface area contributed by atoms with Gasteiger partial charge in [0.15, 0.2) is 0 Å². The molecule has 5 heteroatoms. The Hall–Kier alpha value is -1.88. The highest BCUT2D eigenvalue weighted by Crippen LogP contribution is 2.04. The molecular formula is C12H17N3O2. The van der Waals surface area contributed by atoms with E-state index in [2.05, 4.69) is 5.32 Å². The van der Waals surface area contributed by atoms with E-state index in [1.165, 1.54) is 0 Å². The molecule has 0 bridgehead atoms. The van der Waals surface area contributed by atoms with E-state index >= 15 is 0 Å².